The molecule has 0 aromatic heterocycles. The van der Waals surface area contributed by atoms with Crippen molar-refractivity contribution in [3.8, 4) is 0 Å². The van der Waals surface area contributed by atoms with Crippen LogP contribution in [0.15, 0.2) is 18.2 Å². The molecule has 1 rings (SSSR count). The number of nitrogens with one attached hydrogen (secondary N) is 1. The van der Waals surface area contributed by atoms with E-state index < -0.39 is 29.9 Å². The summed E-state index contributed by atoms with van der Waals surface area (Å²) in [6, 6.07) is 4.32. The molecular weight excluding hydrogens is 331 g/mol. The van der Waals surface area contributed by atoms with Gasteiger partial charge in [-0.3, -0.25) is 14.4 Å². The summed E-state index contributed by atoms with van der Waals surface area (Å²) in [7, 11) is 1.35. The van der Waals surface area contributed by atoms with Crippen LogP contribution in [-0.2, 0) is 9.59 Å². The maximum Gasteiger partial charge on any atom is 0.323 e. The summed E-state index contributed by atoms with van der Waals surface area (Å²) in [5, 5.41) is 11.8. The van der Waals surface area contributed by atoms with Gasteiger partial charge in [-0.15, -0.1) is 0 Å². The standard InChI is InChI=1S/C14H16Cl2N2O4/c1-14(2,13(22)18(3)7-11(19)20)17-12(21)8-4-9(15)6-10(16)5-8/h4-6H,7H2,1-3H3,(H,17,21)(H,19,20). The first-order valence-corrected chi connectivity index (χ1v) is 7.04. The molecule has 120 valence electrons. The summed E-state index contributed by atoms with van der Waals surface area (Å²) in [4.78, 5) is 36.1. The molecule has 0 heterocycles. The second-order valence-corrected chi connectivity index (χ2v) is 6.17. The van der Waals surface area contributed by atoms with Crippen molar-refractivity contribution in [1.82, 2.24) is 10.2 Å². The van der Waals surface area contributed by atoms with Crippen LogP contribution in [0.5, 0.6) is 0 Å². The molecule has 22 heavy (non-hydrogen) atoms. The fourth-order valence-electron chi connectivity index (χ4n) is 1.85. The van der Waals surface area contributed by atoms with E-state index in [1.807, 2.05) is 0 Å². The minimum atomic E-state index is -1.28. The third kappa shape index (κ3) is 4.89. The van der Waals surface area contributed by atoms with Crippen molar-refractivity contribution < 1.29 is 19.5 Å². The van der Waals surface area contributed by atoms with Gasteiger partial charge in [0.15, 0.2) is 0 Å². The predicted octanol–water partition coefficient (Wildman–Crippen LogP) is 2.04. The SMILES string of the molecule is CN(CC(=O)O)C(=O)C(C)(C)NC(=O)c1cc(Cl)cc(Cl)c1. The summed E-state index contributed by atoms with van der Waals surface area (Å²) in [5.41, 5.74) is -1.07. The molecule has 0 bridgehead atoms. The van der Waals surface area contributed by atoms with Crippen LogP contribution >= 0.6 is 23.2 Å². The summed E-state index contributed by atoms with van der Waals surface area (Å²) in [6.45, 7) is 2.51. The van der Waals surface area contributed by atoms with Gasteiger partial charge < -0.3 is 15.3 Å². The predicted molar refractivity (Wildman–Crippen MR) is 83.3 cm³/mol. The maximum atomic E-state index is 12.2. The van der Waals surface area contributed by atoms with Gasteiger partial charge >= 0.3 is 5.97 Å². The molecule has 0 saturated carbocycles. The number of amides is 2. The third-order valence-corrected chi connectivity index (χ3v) is 3.24. The number of hydrogen-bond donors (Lipinski definition) is 2. The lowest BCUT2D eigenvalue weighted by Gasteiger charge is -2.29. The number of carboxylic acids is 1. The Morgan fingerprint density at radius 3 is 2.14 bits per heavy atom. The maximum absolute atomic E-state index is 12.2. The largest absolute Gasteiger partial charge is 0.480 e. The zero-order chi connectivity index (χ0) is 17.1. The first kappa shape index (κ1) is 18.3. The van der Waals surface area contributed by atoms with E-state index in [1.165, 1.54) is 39.1 Å². The van der Waals surface area contributed by atoms with E-state index in [-0.39, 0.29) is 5.56 Å². The van der Waals surface area contributed by atoms with Crippen LogP contribution in [0, 0.1) is 0 Å². The number of nitrogens with zero attached hydrogens (tertiary/aromatic N) is 1. The molecule has 0 unspecified atom stereocenters. The average Bonchev–Trinajstić information content (AvgIpc) is 2.35. The zero-order valence-corrected chi connectivity index (χ0v) is 13.8. The van der Waals surface area contributed by atoms with E-state index in [2.05, 4.69) is 5.32 Å². The molecule has 0 atom stereocenters. The fourth-order valence-corrected chi connectivity index (χ4v) is 2.37. The summed E-state index contributed by atoms with van der Waals surface area (Å²) in [5.74, 6) is -2.21. The van der Waals surface area contributed by atoms with Gasteiger partial charge in [0.1, 0.15) is 12.1 Å². The second kappa shape index (κ2) is 6.98. The Hall–Kier alpha value is -1.79. The topological polar surface area (TPSA) is 86.7 Å². The molecule has 0 radical (unpaired) electrons. The number of carbonyl (C=O) groups excluding carboxylic acids is 2. The first-order chi connectivity index (χ1) is 10.0. The van der Waals surface area contributed by atoms with Crippen molar-refractivity contribution in [3.63, 3.8) is 0 Å². The summed E-state index contributed by atoms with van der Waals surface area (Å²) < 4.78 is 0. The molecule has 0 aliphatic heterocycles. The van der Waals surface area contributed by atoms with Crippen molar-refractivity contribution in [1.29, 1.82) is 0 Å². The number of carboxylic acid groups (broad SMARTS) is 1. The van der Waals surface area contributed by atoms with Crippen LogP contribution in [-0.4, -0.2) is 46.9 Å². The molecular formula is C14H16Cl2N2O4. The van der Waals surface area contributed by atoms with Gasteiger partial charge in [-0.05, 0) is 32.0 Å². The molecule has 0 saturated heterocycles. The summed E-state index contributed by atoms with van der Waals surface area (Å²) >= 11 is 11.7. The molecule has 1 aromatic rings. The van der Waals surface area contributed by atoms with Crippen molar-refractivity contribution in [2.24, 2.45) is 0 Å². The van der Waals surface area contributed by atoms with Gasteiger partial charge in [0, 0.05) is 22.7 Å². The molecule has 2 N–H and O–H groups in total. The Labute approximate surface area is 138 Å². The molecule has 0 spiro atoms. The number of benzene rings is 1. The van der Waals surface area contributed by atoms with Gasteiger partial charge in [0.05, 0.1) is 0 Å². The second-order valence-electron chi connectivity index (χ2n) is 5.29. The van der Waals surface area contributed by atoms with E-state index >= 15 is 0 Å². The minimum Gasteiger partial charge on any atom is -0.480 e. The highest BCUT2D eigenvalue weighted by atomic mass is 35.5. The van der Waals surface area contributed by atoms with E-state index in [9.17, 15) is 14.4 Å². The Balaban J connectivity index is 2.88. The Bertz CT molecular complexity index is 597. The molecule has 8 heteroatoms. The highest BCUT2D eigenvalue weighted by molar-refractivity contribution is 6.35. The van der Waals surface area contributed by atoms with Gasteiger partial charge in [-0.25, -0.2) is 0 Å². The van der Waals surface area contributed by atoms with Crippen LogP contribution in [0.1, 0.15) is 24.2 Å². The molecule has 6 nitrogen and oxygen atoms in total. The van der Waals surface area contributed by atoms with Crippen LogP contribution in [0.2, 0.25) is 10.0 Å². The van der Waals surface area contributed by atoms with Gasteiger partial charge in [0.25, 0.3) is 5.91 Å². The number of aliphatic carboxylic acids is 1. The first-order valence-electron chi connectivity index (χ1n) is 6.29. The molecule has 0 aliphatic rings. The van der Waals surface area contributed by atoms with Gasteiger partial charge in [0.2, 0.25) is 5.91 Å². The highest BCUT2D eigenvalue weighted by Crippen LogP contribution is 2.19. The molecule has 2 amide bonds. The number of rotatable bonds is 5. The van der Waals surface area contributed by atoms with Crippen molar-refractivity contribution in [3.05, 3.63) is 33.8 Å². The summed E-state index contributed by atoms with van der Waals surface area (Å²) in [6.07, 6.45) is 0. The van der Waals surface area contributed by atoms with Crippen LogP contribution in [0.4, 0.5) is 0 Å². The molecule has 0 aliphatic carbocycles. The van der Waals surface area contributed by atoms with Crippen molar-refractivity contribution >= 4 is 41.0 Å². The monoisotopic (exact) mass is 346 g/mol. The fraction of sp³-hybridized carbons (Fsp3) is 0.357. The normalized spacial score (nSPS) is 11.0. The van der Waals surface area contributed by atoms with Gasteiger partial charge in [-0.2, -0.15) is 0 Å². The zero-order valence-electron chi connectivity index (χ0n) is 12.3. The quantitative estimate of drug-likeness (QED) is 0.854. The van der Waals surface area contributed by atoms with E-state index in [0.29, 0.717) is 10.0 Å². The lowest BCUT2D eigenvalue weighted by molar-refractivity contribution is -0.145. The van der Waals surface area contributed by atoms with Crippen molar-refractivity contribution in [2.75, 3.05) is 13.6 Å². The van der Waals surface area contributed by atoms with Crippen LogP contribution in [0.25, 0.3) is 0 Å². The van der Waals surface area contributed by atoms with E-state index in [1.54, 1.807) is 0 Å². The lowest BCUT2D eigenvalue weighted by atomic mass is 10.0. The van der Waals surface area contributed by atoms with Crippen molar-refractivity contribution in [2.45, 2.75) is 19.4 Å². The Morgan fingerprint density at radius 1 is 1.18 bits per heavy atom. The number of likely N-dealkylation sites (N-methyl/N-ethyl adjacent to an activating group) is 1. The van der Waals surface area contributed by atoms with Crippen LogP contribution < -0.4 is 5.32 Å². The Kier molecular flexibility index (Phi) is 5.79. The van der Waals surface area contributed by atoms with Crippen LogP contribution in [0.3, 0.4) is 0 Å². The average molecular weight is 347 g/mol. The lowest BCUT2D eigenvalue weighted by Crippen LogP contribution is -2.55. The highest BCUT2D eigenvalue weighted by Gasteiger charge is 2.33. The number of halogens is 2. The van der Waals surface area contributed by atoms with E-state index in [4.69, 9.17) is 28.3 Å². The third-order valence-electron chi connectivity index (χ3n) is 2.80. The van der Waals surface area contributed by atoms with Gasteiger partial charge in [-0.1, -0.05) is 23.2 Å². The smallest absolute Gasteiger partial charge is 0.323 e. The molecule has 1 aromatic carbocycles. The molecule has 0 fully saturated rings. The number of hydrogen-bond acceptors (Lipinski definition) is 3. The minimum absolute atomic E-state index is 0.208. The van der Waals surface area contributed by atoms with E-state index in [0.717, 1.165) is 4.90 Å². The number of carbonyl (C=O) groups is 3. The Morgan fingerprint density at radius 2 is 1.68 bits per heavy atom.